The fourth-order valence-electron chi connectivity index (χ4n) is 1.42. The molecule has 15 heavy (non-hydrogen) atoms. The second kappa shape index (κ2) is 5.64. The summed E-state index contributed by atoms with van der Waals surface area (Å²) in [4.78, 5) is 1.85. The van der Waals surface area contributed by atoms with Crippen LogP contribution in [-0.4, -0.2) is 56.8 Å². The van der Waals surface area contributed by atoms with Crippen molar-refractivity contribution in [1.29, 1.82) is 0 Å². The van der Waals surface area contributed by atoms with E-state index in [1.807, 2.05) is 4.90 Å². The van der Waals surface area contributed by atoms with Gasteiger partial charge >= 0.3 is 6.36 Å². The number of ether oxygens (including phenoxy) is 2. The van der Waals surface area contributed by atoms with Gasteiger partial charge in [-0.05, 0) is 0 Å². The standard InChI is InChI=1S/C8H15F3N2O2/c9-8(10,11)15-4-2-13-1-3-14-7(5-12)6-13/h7H,1-6,12H2. The van der Waals surface area contributed by atoms with E-state index in [1.165, 1.54) is 0 Å². The lowest BCUT2D eigenvalue weighted by atomic mass is 10.3. The Morgan fingerprint density at radius 1 is 1.47 bits per heavy atom. The van der Waals surface area contributed by atoms with Crippen LogP contribution >= 0.6 is 0 Å². The third-order valence-corrected chi connectivity index (χ3v) is 2.16. The van der Waals surface area contributed by atoms with Crippen LogP contribution in [0.25, 0.3) is 0 Å². The second-order valence-electron chi connectivity index (χ2n) is 3.32. The molecule has 1 saturated heterocycles. The molecule has 1 aliphatic rings. The number of rotatable bonds is 4. The van der Waals surface area contributed by atoms with E-state index in [4.69, 9.17) is 10.5 Å². The molecule has 1 fully saturated rings. The maximum atomic E-state index is 11.7. The number of hydrogen-bond acceptors (Lipinski definition) is 4. The van der Waals surface area contributed by atoms with E-state index in [0.717, 1.165) is 0 Å². The summed E-state index contributed by atoms with van der Waals surface area (Å²) in [5, 5.41) is 0. The Kier molecular flexibility index (Phi) is 4.78. The van der Waals surface area contributed by atoms with Crippen molar-refractivity contribution in [1.82, 2.24) is 4.90 Å². The van der Waals surface area contributed by atoms with Crippen molar-refractivity contribution >= 4 is 0 Å². The van der Waals surface area contributed by atoms with Crippen molar-refractivity contribution in [2.45, 2.75) is 12.5 Å². The molecule has 2 N–H and O–H groups in total. The van der Waals surface area contributed by atoms with Gasteiger partial charge in [-0.1, -0.05) is 0 Å². The SMILES string of the molecule is NCC1CN(CCOC(F)(F)F)CCO1. The highest BCUT2D eigenvalue weighted by atomic mass is 19.4. The minimum absolute atomic E-state index is 0.0790. The van der Waals surface area contributed by atoms with Crippen molar-refractivity contribution in [3.8, 4) is 0 Å². The molecule has 0 saturated carbocycles. The molecule has 0 aromatic rings. The maximum Gasteiger partial charge on any atom is 0.522 e. The predicted octanol–water partition coefficient (Wildman–Crippen LogP) is 0.182. The predicted molar refractivity (Wildman–Crippen MR) is 47.2 cm³/mol. The molecule has 0 bridgehead atoms. The summed E-state index contributed by atoms with van der Waals surface area (Å²) < 4.78 is 44.0. The van der Waals surface area contributed by atoms with Gasteiger partial charge in [-0.3, -0.25) is 9.64 Å². The molecule has 1 atom stereocenters. The monoisotopic (exact) mass is 228 g/mol. The van der Waals surface area contributed by atoms with Crippen LogP contribution in [0.4, 0.5) is 13.2 Å². The molecule has 7 heteroatoms. The van der Waals surface area contributed by atoms with Gasteiger partial charge in [-0.25, -0.2) is 0 Å². The number of hydrogen-bond donors (Lipinski definition) is 1. The van der Waals surface area contributed by atoms with Gasteiger partial charge in [0, 0.05) is 26.2 Å². The Bertz CT molecular complexity index is 189. The first-order valence-electron chi connectivity index (χ1n) is 4.76. The summed E-state index contributed by atoms with van der Waals surface area (Å²) in [5.74, 6) is 0. The first kappa shape index (κ1) is 12.7. The van der Waals surface area contributed by atoms with E-state index in [0.29, 0.717) is 26.2 Å². The summed E-state index contributed by atoms with van der Waals surface area (Å²) in [7, 11) is 0. The van der Waals surface area contributed by atoms with E-state index in [2.05, 4.69) is 4.74 Å². The molecule has 0 aromatic heterocycles. The van der Waals surface area contributed by atoms with Crippen LogP contribution in [0.1, 0.15) is 0 Å². The van der Waals surface area contributed by atoms with Crippen LogP contribution in [-0.2, 0) is 9.47 Å². The van der Waals surface area contributed by atoms with E-state index in [-0.39, 0.29) is 19.3 Å². The first-order valence-corrected chi connectivity index (χ1v) is 4.76. The molecule has 4 nitrogen and oxygen atoms in total. The summed E-state index contributed by atoms with van der Waals surface area (Å²) in [6.45, 7) is 1.99. The zero-order valence-electron chi connectivity index (χ0n) is 8.29. The van der Waals surface area contributed by atoms with Crippen LogP contribution in [0.5, 0.6) is 0 Å². The third-order valence-electron chi connectivity index (χ3n) is 2.16. The molecule has 0 spiro atoms. The van der Waals surface area contributed by atoms with E-state index >= 15 is 0 Å². The van der Waals surface area contributed by atoms with E-state index < -0.39 is 6.36 Å². The molecule has 0 radical (unpaired) electrons. The van der Waals surface area contributed by atoms with Gasteiger partial charge in [0.05, 0.1) is 19.3 Å². The highest BCUT2D eigenvalue weighted by Gasteiger charge is 2.29. The zero-order valence-corrected chi connectivity index (χ0v) is 8.29. The average Bonchev–Trinajstić information content (AvgIpc) is 2.16. The van der Waals surface area contributed by atoms with Crippen molar-refractivity contribution in [3.63, 3.8) is 0 Å². The number of alkyl halides is 3. The highest BCUT2D eigenvalue weighted by molar-refractivity contribution is 4.71. The number of halogens is 3. The Hall–Kier alpha value is -0.370. The van der Waals surface area contributed by atoms with Crippen molar-refractivity contribution in [3.05, 3.63) is 0 Å². The minimum Gasteiger partial charge on any atom is -0.374 e. The van der Waals surface area contributed by atoms with Crippen LogP contribution in [0.2, 0.25) is 0 Å². The lowest BCUT2D eigenvalue weighted by Crippen LogP contribution is -2.46. The first-order chi connectivity index (χ1) is 7.01. The van der Waals surface area contributed by atoms with E-state index in [9.17, 15) is 13.2 Å². The second-order valence-corrected chi connectivity index (χ2v) is 3.32. The number of nitrogens with two attached hydrogens (primary N) is 1. The fourth-order valence-corrected chi connectivity index (χ4v) is 1.42. The van der Waals surface area contributed by atoms with Crippen LogP contribution in [0.15, 0.2) is 0 Å². The molecule has 1 aliphatic heterocycles. The van der Waals surface area contributed by atoms with Crippen molar-refractivity contribution < 1.29 is 22.6 Å². The normalized spacial score (nSPS) is 24.4. The lowest BCUT2D eigenvalue weighted by Gasteiger charge is -2.32. The lowest BCUT2D eigenvalue weighted by molar-refractivity contribution is -0.325. The molecule has 1 unspecified atom stereocenters. The highest BCUT2D eigenvalue weighted by Crippen LogP contribution is 2.15. The minimum atomic E-state index is -4.54. The Balaban J connectivity index is 2.15. The molecule has 90 valence electrons. The molecule has 0 amide bonds. The molecule has 1 rings (SSSR count). The summed E-state index contributed by atoms with van der Waals surface area (Å²) in [5.41, 5.74) is 5.40. The van der Waals surface area contributed by atoms with Crippen LogP contribution in [0.3, 0.4) is 0 Å². The molecular formula is C8H15F3N2O2. The Labute approximate surface area is 86.1 Å². The van der Waals surface area contributed by atoms with E-state index in [1.54, 1.807) is 0 Å². The molecule has 1 heterocycles. The van der Waals surface area contributed by atoms with Crippen molar-refractivity contribution in [2.24, 2.45) is 5.73 Å². The summed E-state index contributed by atoms with van der Waals surface area (Å²) >= 11 is 0. The topological polar surface area (TPSA) is 47.7 Å². The summed E-state index contributed by atoms with van der Waals surface area (Å²) in [6, 6.07) is 0. The fraction of sp³-hybridized carbons (Fsp3) is 1.00. The summed E-state index contributed by atoms with van der Waals surface area (Å²) in [6.07, 6.45) is -4.62. The van der Waals surface area contributed by atoms with Crippen LogP contribution < -0.4 is 5.73 Å². The maximum absolute atomic E-state index is 11.7. The number of morpholine rings is 1. The van der Waals surface area contributed by atoms with Gasteiger partial charge in [0.2, 0.25) is 0 Å². The quantitative estimate of drug-likeness (QED) is 0.745. The van der Waals surface area contributed by atoms with Gasteiger partial charge in [0.1, 0.15) is 0 Å². The third kappa shape index (κ3) is 5.31. The van der Waals surface area contributed by atoms with Gasteiger partial charge in [0.15, 0.2) is 0 Å². The zero-order chi connectivity index (χ0) is 11.3. The average molecular weight is 228 g/mol. The van der Waals surface area contributed by atoms with Crippen molar-refractivity contribution in [2.75, 3.05) is 39.4 Å². The van der Waals surface area contributed by atoms with Gasteiger partial charge in [-0.2, -0.15) is 0 Å². The van der Waals surface area contributed by atoms with Crippen LogP contribution in [0, 0.1) is 0 Å². The van der Waals surface area contributed by atoms with Gasteiger partial charge in [-0.15, -0.1) is 13.2 Å². The molecule has 0 aromatic carbocycles. The van der Waals surface area contributed by atoms with Gasteiger partial charge < -0.3 is 10.5 Å². The van der Waals surface area contributed by atoms with Gasteiger partial charge in [0.25, 0.3) is 0 Å². The molecule has 0 aliphatic carbocycles. The molecular weight excluding hydrogens is 213 g/mol. The Morgan fingerprint density at radius 3 is 2.80 bits per heavy atom. The number of nitrogens with zero attached hydrogens (tertiary/aromatic N) is 1. The smallest absolute Gasteiger partial charge is 0.374 e. The largest absolute Gasteiger partial charge is 0.522 e. The Morgan fingerprint density at radius 2 is 2.20 bits per heavy atom.